The number of hydrogen-bond donors (Lipinski definition) is 0. The van der Waals surface area contributed by atoms with Crippen LogP contribution in [-0.4, -0.2) is 18.0 Å². The Morgan fingerprint density at radius 2 is 1.41 bits per heavy atom. The first-order valence-corrected chi connectivity index (χ1v) is 10.1. The molecule has 0 aromatic heterocycles. The van der Waals surface area contributed by atoms with E-state index in [4.69, 9.17) is 49.0 Å². The van der Waals surface area contributed by atoms with E-state index in [0.717, 1.165) is 22.4 Å². The Bertz CT molecular complexity index is 922. The summed E-state index contributed by atoms with van der Waals surface area (Å²) in [4.78, 5) is 0. The molecule has 1 atom stereocenters. The van der Waals surface area contributed by atoms with Crippen LogP contribution in [0.3, 0.4) is 0 Å². The summed E-state index contributed by atoms with van der Waals surface area (Å²) in [6.07, 6.45) is 0. The summed E-state index contributed by atoms with van der Waals surface area (Å²) >= 11 is 19.0. The Kier molecular flexibility index (Phi) is 7.18. The van der Waals surface area contributed by atoms with E-state index in [-0.39, 0.29) is 0 Å². The van der Waals surface area contributed by atoms with Crippen LogP contribution in [-0.2, 0) is 6.61 Å². The molecular formula is C23H21Cl3O3. The smallest absolute Gasteiger partial charge is 0.201 e. The molecule has 3 rings (SSSR count). The first-order valence-electron chi connectivity index (χ1n) is 8.97. The lowest BCUT2D eigenvalue weighted by Gasteiger charge is -2.26. The van der Waals surface area contributed by atoms with Crippen LogP contribution >= 0.6 is 34.8 Å². The third-order valence-electron chi connectivity index (χ3n) is 4.53. The zero-order valence-corrected chi connectivity index (χ0v) is 18.3. The minimum Gasteiger partial charge on any atom is -0.497 e. The van der Waals surface area contributed by atoms with Crippen molar-refractivity contribution < 1.29 is 14.2 Å². The van der Waals surface area contributed by atoms with Gasteiger partial charge in [0.2, 0.25) is 3.79 Å². The molecule has 0 heterocycles. The van der Waals surface area contributed by atoms with E-state index < -0.39 is 9.71 Å². The molecule has 0 fully saturated rings. The van der Waals surface area contributed by atoms with E-state index >= 15 is 0 Å². The highest BCUT2D eigenvalue weighted by molar-refractivity contribution is 6.68. The zero-order valence-electron chi connectivity index (χ0n) is 16.1. The van der Waals surface area contributed by atoms with Crippen molar-refractivity contribution in [3.63, 3.8) is 0 Å². The quantitative estimate of drug-likeness (QED) is 0.370. The van der Waals surface area contributed by atoms with Crippen LogP contribution in [0, 0.1) is 0 Å². The Hall–Kier alpha value is -2.07. The molecule has 0 aliphatic rings. The molecule has 0 bridgehead atoms. The molecule has 0 spiro atoms. The number of rotatable bonds is 7. The second-order valence-electron chi connectivity index (χ2n) is 6.43. The van der Waals surface area contributed by atoms with E-state index in [9.17, 15) is 0 Å². The van der Waals surface area contributed by atoms with Crippen LogP contribution in [0.2, 0.25) is 0 Å². The topological polar surface area (TPSA) is 27.7 Å². The zero-order chi connectivity index (χ0) is 20.9. The third kappa shape index (κ3) is 5.51. The van der Waals surface area contributed by atoms with Crippen LogP contribution in [0.4, 0.5) is 0 Å². The Morgan fingerprint density at radius 1 is 0.759 bits per heavy atom. The molecule has 0 radical (unpaired) electrons. The van der Waals surface area contributed by atoms with Crippen molar-refractivity contribution in [2.24, 2.45) is 0 Å². The molecule has 0 amide bonds. The number of hydrogen-bond acceptors (Lipinski definition) is 3. The summed E-state index contributed by atoms with van der Waals surface area (Å²) in [5.74, 6) is 1.44. The molecule has 3 nitrogen and oxygen atoms in total. The predicted molar refractivity (Wildman–Crippen MR) is 119 cm³/mol. The highest BCUT2D eigenvalue weighted by Crippen LogP contribution is 2.47. The normalized spacial score (nSPS) is 12.3. The maximum Gasteiger partial charge on any atom is 0.201 e. The number of halogens is 3. The van der Waals surface area contributed by atoms with Gasteiger partial charge in [-0.05, 0) is 41.0 Å². The molecule has 1 unspecified atom stereocenters. The molecule has 0 N–H and O–H groups in total. The van der Waals surface area contributed by atoms with Gasteiger partial charge in [0.05, 0.1) is 20.1 Å². The van der Waals surface area contributed by atoms with Crippen molar-refractivity contribution in [3.05, 3.63) is 89.5 Å². The molecule has 0 saturated carbocycles. The average Bonchev–Trinajstić information content (AvgIpc) is 2.73. The first-order chi connectivity index (χ1) is 13.9. The summed E-state index contributed by atoms with van der Waals surface area (Å²) < 4.78 is 15.1. The van der Waals surface area contributed by atoms with E-state index in [0.29, 0.717) is 18.1 Å². The highest BCUT2D eigenvalue weighted by Gasteiger charge is 2.35. The Morgan fingerprint density at radius 3 is 2.00 bits per heavy atom. The number of alkyl halides is 3. The maximum atomic E-state index is 6.35. The molecular weight excluding hydrogens is 431 g/mol. The van der Waals surface area contributed by atoms with Crippen LogP contribution in [0.1, 0.15) is 22.6 Å². The van der Waals surface area contributed by atoms with E-state index in [1.807, 2.05) is 72.8 Å². The maximum absolute atomic E-state index is 6.35. The van der Waals surface area contributed by atoms with Gasteiger partial charge in [0.25, 0.3) is 0 Å². The Labute approximate surface area is 186 Å². The number of benzene rings is 3. The average molecular weight is 452 g/mol. The van der Waals surface area contributed by atoms with Gasteiger partial charge in [0, 0.05) is 0 Å². The standard InChI is InChI=1S/C23H21Cl3O3/c1-27-19-11-8-17(9-12-19)22(23(24,25)26)18-10-13-20(21(14-18)28-2)29-15-16-6-4-3-5-7-16/h3-14,22H,15H2,1-2H3. The van der Waals surface area contributed by atoms with Gasteiger partial charge < -0.3 is 14.2 Å². The highest BCUT2D eigenvalue weighted by atomic mass is 35.6. The number of ether oxygens (including phenoxy) is 3. The molecule has 6 heteroatoms. The lowest BCUT2D eigenvalue weighted by Crippen LogP contribution is -2.18. The van der Waals surface area contributed by atoms with Crippen molar-refractivity contribution in [2.45, 2.75) is 16.3 Å². The molecule has 29 heavy (non-hydrogen) atoms. The second-order valence-corrected chi connectivity index (χ2v) is 8.80. The van der Waals surface area contributed by atoms with Crippen molar-refractivity contribution in [2.75, 3.05) is 14.2 Å². The molecule has 0 aliphatic carbocycles. The molecule has 152 valence electrons. The third-order valence-corrected chi connectivity index (χ3v) is 5.19. The van der Waals surface area contributed by atoms with E-state index in [2.05, 4.69) is 0 Å². The van der Waals surface area contributed by atoms with Gasteiger partial charge >= 0.3 is 0 Å². The summed E-state index contributed by atoms with van der Waals surface area (Å²) in [6, 6.07) is 22.9. The predicted octanol–water partition coefficient (Wildman–Crippen LogP) is 6.78. The van der Waals surface area contributed by atoms with Crippen LogP contribution in [0.5, 0.6) is 17.2 Å². The van der Waals surface area contributed by atoms with Crippen molar-refractivity contribution in [1.29, 1.82) is 0 Å². The van der Waals surface area contributed by atoms with Crippen molar-refractivity contribution in [3.8, 4) is 17.2 Å². The van der Waals surface area contributed by atoms with Gasteiger partial charge in [-0.3, -0.25) is 0 Å². The summed E-state index contributed by atoms with van der Waals surface area (Å²) in [7, 11) is 3.20. The van der Waals surface area contributed by atoms with Crippen molar-refractivity contribution >= 4 is 34.8 Å². The lowest BCUT2D eigenvalue weighted by molar-refractivity contribution is 0.284. The summed E-state index contributed by atoms with van der Waals surface area (Å²) in [5.41, 5.74) is 2.72. The molecule has 3 aromatic carbocycles. The van der Waals surface area contributed by atoms with Gasteiger partial charge in [-0.2, -0.15) is 0 Å². The monoisotopic (exact) mass is 450 g/mol. The summed E-state index contributed by atoms with van der Waals surface area (Å²) in [6.45, 7) is 0.433. The van der Waals surface area contributed by atoms with Gasteiger partial charge in [0.15, 0.2) is 11.5 Å². The first kappa shape index (κ1) is 21.6. The van der Waals surface area contributed by atoms with Gasteiger partial charge in [-0.1, -0.05) is 83.3 Å². The fraction of sp³-hybridized carbons (Fsp3) is 0.217. The second kappa shape index (κ2) is 9.62. The molecule has 0 saturated heterocycles. The minimum atomic E-state index is -1.55. The van der Waals surface area contributed by atoms with Gasteiger partial charge in [-0.25, -0.2) is 0 Å². The Balaban J connectivity index is 1.90. The largest absolute Gasteiger partial charge is 0.497 e. The number of methoxy groups -OCH3 is 2. The SMILES string of the molecule is COc1ccc(C(c2ccc(OCc3ccccc3)c(OC)c2)C(Cl)(Cl)Cl)cc1. The van der Waals surface area contributed by atoms with E-state index in [1.165, 1.54) is 0 Å². The van der Waals surface area contributed by atoms with Gasteiger partial charge in [-0.15, -0.1) is 0 Å². The minimum absolute atomic E-state index is 0.433. The van der Waals surface area contributed by atoms with Crippen LogP contribution in [0.15, 0.2) is 72.8 Å². The van der Waals surface area contributed by atoms with Crippen molar-refractivity contribution in [1.82, 2.24) is 0 Å². The van der Waals surface area contributed by atoms with E-state index in [1.54, 1.807) is 14.2 Å². The van der Waals surface area contributed by atoms with Crippen LogP contribution in [0.25, 0.3) is 0 Å². The van der Waals surface area contributed by atoms with Crippen LogP contribution < -0.4 is 14.2 Å². The summed E-state index contributed by atoms with van der Waals surface area (Å²) in [5, 5.41) is 0. The fourth-order valence-corrected chi connectivity index (χ4v) is 3.84. The lowest BCUT2D eigenvalue weighted by atomic mass is 9.92. The molecule has 3 aromatic rings. The molecule has 0 aliphatic heterocycles. The fourth-order valence-electron chi connectivity index (χ4n) is 3.09. The van der Waals surface area contributed by atoms with Gasteiger partial charge in [0.1, 0.15) is 12.4 Å².